The zero-order valence-corrected chi connectivity index (χ0v) is 15.5. The minimum absolute atomic E-state index is 0.271. The fourth-order valence-corrected chi connectivity index (χ4v) is 3.12. The highest BCUT2D eigenvalue weighted by Crippen LogP contribution is 2.38. The van der Waals surface area contributed by atoms with E-state index in [1.165, 1.54) is 18.3 Å². The summed E-state index contributed by atoms with van der Waals surface area (Å²) in [4.78, 5) is 29.9. The summed E-state index contributed by atoms with van der Waals surface area (Å²) in [6.45, 7) is -0.376. The Morgan fingerprint density at radius 3 is 2.46 bits per heavy atom. The van der Waals surface area contributed by atoms with E-state index in [1.807, 2.05) is 30.3 Å². The average molecular weight is 413 g/mol. The summed E-state index contributed by atoms with van der Waals surface area (Å²) >= 11 is 0. The highest BCUT2D eigenvalue weighted by atomic mass is 31.2. The number of hydrogen-bond acceptors (Lipinski definition) is 7. The molecule has 1 fully saturated rings. The lowest BCUT2D eigenvalue weighted by molar-refractivity contribution is -0.0537. The summed E-state index contributed by atoms with van der Waals surface area (Å²) in [7, 11) is -4.76. The van der Waals surface area contributed by atoms with Gasteiger partial charge in [0, 0.05) is 12.3 Å². The highest BCUT2D eigenvalue weighted by molar-refractivity contribution is 7.46. The van der Waals surface area contributed by atoms with Gasteiger partial charge in [-0.1, -0.05) is 30.3 Å². The van der Waals surface area contributed by atoms with E-state index in [2.05, 4.69) is 4.52 Å². The molecule has 0 bridgehead atoms. The predicted octanol–water partition coefficient (Wildman–Crippen LogP) is 0.156. The molecule has 28 heavy (non-hydrogen) atoms. The number of phosphoric ester groups is 1. The summed E-state index contributed by atoms with van der Waals surface area (Å²) in [5.74, 6) is 0.319. The zero-order valence-electron chi connectivity index (χ0n) is 14.6. The molecular weight excluding hydrogens is 393 g/mol. The molecule has 4 N–H and O–H groups in total. The Labute approximate surface area is 159 Å². The first-order chi connectivity index (χ1) is 13.2. The second-order valence-electron chi connectivity index (χ2n) is 6.21. The van der Waals surface area contributed by atoms with E-state index in [-0.39, 0.29) is 6.61 Å². The van der Waals surface area contributed by atoms with E-state index in [1.54, 1.807) is 0 Å². The van der Waals surface area contributed by atoms with Gasteiger partial charge < -0.3 is 29.5 Å². The van der Waals surface area contributed by atoms with Crippen LogP contribution in [0.15, 0.2) is 53.5 Å². The van der Waals surface area contributed by atoms with Crippen LogP contribution in [0.3, 0.4) is 0 Å². The number of pyridine rings is 1. The van der Waals surface area contributed by atoms with Crippen LogP contribution in [-0.2, 0) is 20.4 Å². The van der Waals surface area contributed by atoms with Crippen LogP contribution in [-0.4, -0.2) is 49.5 Å². The van der Waals surface area contributed by atoms with Crippen LogP contribution in [0.25, 0.3) is 0 Å². The van der Waals surface area contributed by atoms with Gasteiger partial charge >= 0.3 is 7.82 Å². The molecule has 0 unspecified atom stereocenters. The van der Waals surface area contributed by atoms with Gasteiger partial charge in [-0.2, -0.15) is 0 Å². The fourth-order valence-electron chi connectivity index (χ4n) is 2.78. The number of aromatic nitrogens is 1. The molecular formula is C17H20NO9P. The monoisotopic (exact) mass is 413 g/mol. The fraction of sp³-hybridized carbons (Fsp3) is 0.353. The maximum Gasteiger partial charge on any atom is 0.469 e. The normalized spacial score (nSPS) is 25.0. The number of rotatable bonds is 7. The van der Waals surface area contributed by atoms with Crippen LogP contribution in [0.5, 0.6) is 5.75 Å². The molecule has 1 aliphatic heterocycles. The second-order valence-corrected chi connectivity index (χ2v) is 7.45. The second kappa shape index (κ2) is 8.54. The summed E-state index contributed by atoms with van der Waals surface area (Å²) in [6.07, 6.45) is -4.09. The standard InChI is InChI=1S/C17H20NO9P/c19-14-8-12(25-9-11-4-2-1-3-5-11)6-7-18(14)17-16(21)15(20)13(27-17)10-26-28(22,23)24/h1-8,13,15-17,20-21H,9-10H2,(H2,22,23,24)/t13-,15-,16-,17-/m1/s1. The number of ether oxygens (including phenoxy) is 2. The third kappa shape index (κ3) is 5.06. The topological polar surface area (TPSA) is 148 Å². The van der Waals surface area contributed by atoms with Crippen molar-refractivity contribution < 1.29 is 38.6 Å². The van der Waals surface area contributed by atoms with Gasteiger partial charge in [0.25, 0.3) is 5.56 Å². The molecule has 11 heteroatoms. The zero-order chi connectivity index (χ0) is 20.3. The van der Waals surface area contributed by atoms with Crippen molar-refractivity contribution in [3.8, 4) is 5.75 Å². The van der Waals surface area contributed by atoms with Crippen molar-refractivity contribution in [1.82, 2.24) is 4.57 Å². The first kappa shape index (κ1) is 20.7. The Morgan fingerprint density at radius 1 is 1.11 bits per heavy atom. The van der Waals surface area contributed by atoms with Gasteiger partial charge in [-0.05, 0) is 11.6 Å². The average Bonchev–Trinajstić information content (AvgIpc) is 2.93. The Kier molecular flexibility index (Phi) is 6.31. The molecule has 4 atom stereocenters. The van der Waals surface area contributed by atoms with Crippen molar-refractivity contribution in [3.05, 3.63) is 64.6 Å². The van der Waals surface area contributed by atoms with Crippen molar-refractivity contribution >= 4 is 7.82 Å². The van der Waals surface area contributed by atoms with Crippen LogP contribution in [0.1, 0.15) is 11.8 Å². The van der Waals surface area contributed by atoms with Crippen LogP contribution in [0.2, 0.25) is 0 Å². The molecule has 152 valence electrons. The number of aliphatic hydroxyl groups excluding tert-OH is 2. The van der Waals surface area contributed by atoms with Crippen molar-refractivity contribution in [3.63, 3.8) is 0 Å². The van der Waals surface area contributed by atoms with E-state index in [9.17, 15) is 19.6 Å². The first-order valence-electron chi connectivity index (χ1n) is 8.35. The quantitative estimate of drug-likeness (QED) is 0.466. The summed E-state index contributed by atoms with van der Waals surface area (Å²) < 4.78 is 27.1. The first-order valence-corrected chi connectivity index (χ1v) is 9.88. The maximum atomic E-state index is 12.4. The maximum absolute atomic E-state index is 12.4. The molecule has 1 saturated heterocycles. The third-order valence-electron chi connectivity index (χ3n) is 4.19. The lowest BCUT2D eigenvalue weighted by Crippen LogP contribution is -2.35. The minimum Gasteiger partial charge on any atom is -0.489 e. The smallest absolute Gasteiger partial charge is 0.469 e. The Bertz CT molecular complexity index is 897. The SMILES string of the molecule is O=c1cc(OCc2ccccc2)ccn1[C@@H]1O[C@H](COP(=O)(O)O)[C@@H](O)[C@H]1O. The van der Waals surface area contributed by atoms with Gasteiger partial charge in [0.05, 0.1) is 6.61 Å². The Hall–Kier alpha value is -2.04. The highest BCUT2D eigenvalue weighted by Gasteiger charge is 2.44. The largest absolute Gasteiger partial charge is 0.489 e. The molecule has 1 aromatic carbocycles. The molecule has 0 aliphatic carbocycles. The molecule has 1 aromatic heterocycles. The van der Waals surface area contributed by atoms with Crippen molar-refractivity contribution in [2.75, 3.05) is 6.61 Å². The van der Waals surface area contributed by atoms with Gasteiger partial charge in [0.1, 0.15) is 30.7 Å². The van der Waals surface area contributed by atoms with E-state index < -0.39 is 44.5 Å². The van der Waals surface area contributed by atoms with E-state index >= 15 is 0 Å². The number of hydrogen-bond donors (Lipinski definition) is 4. The van der Waals surface area contributed by atoms with Gasteiger partial charge in [0.2, 0.25) is 0 Å². The molecule has 3 rings (SSSR count). The lowest BCUT2D eigenvalue weighted by Gasteiger charge is -2.18. The minimum atomic E-state index is -4.76. The number of benzene rings is 1. The van der Waals surface area contributed by atoms with Crippen molar-refractivity contribution in [1.29, 1.82) is 0 Å². The molecule has 0 radical (unpaired) electrons. The third-order valence-corrected chi connectivity index (χ3v) is 4.67. The van der Waals surface area contributed by atoms with Gasteiger partial charge in [-0.3, -0.25) is 13.9 Å². The number of phosphoric acid groups is 1. The molecule has 0 saturated carbocycles. The van der Waals surface area contributed by atoms with Crippen molar-refractivity contribution in [2.45, 2.75) is 31.1 Å². The Morgan fingerprint density at radius 2 is 1.82 bits per heavy atom. The van der Waals surface area contributed by atoms with Crippen LogP contribution < -0.4 is 10.3 Å². The molecule has 2 heterocycles. The number of aliphatic hydroxyl groups is 2. The number of nitrogens with zero attached hydrogens (tertiary/aromatic N) is 1. The molecule has 10 nitrogen and oxygen atoms in total. The van der Waals surface area contributed by atoms with E-state index in [0.717, 1.165) is 10.1 Å². The van der Waals surface area contributed by atoms with Crippen LogP contribution >= 0.6 is 7.82 Å². The lowest BCUT2D eigenvalue weighted by atomic mass is 10.1. The predicted molar refractivity (Wildman–Crippen MR) is 95.4 cm³/mol. The molecule has 1 aliphatic rings. The molecule has 2 aromatic rings. The summed E-state index contributed by atoms with van der Waals surface area (Å²) in [5, 5.41) is 20.1. The van der Waals surface area contributed by atoms with Gasteiger partial charge in [-0.15, -0.1) is 0 Å². The van der Waals surface area contributed by atoms with Gasteiger partial charge in [-0.25, -0.2) is 4.57 Å². The summed E-state index contributed by atoms with van der Waals surface area (Å²) in [5.41, 5.74) is 0.385. The van der Waals surface area contributed by atoms with Crippen molar-refractivity contribution in [2.24, 2.45) is 0 Å². The van der Waals surface area contributed by atoms with E-state index in [0.29, 0.717) is 5.75 Å². The summed E-state index contributed by atoms with van der Waals surface area (Å²) in [6, 6.07) is 12.1. The van der Waals surface area contributed by atoms with Crippen LogP contribution in [0.4, 0.5) is 0 Å². The van der Waals surface area contributed by atoms with Gasteiger partial charge in [0.15, 0.2) is 6.23 Å². The molecule has 0 spiro atoms. The van der Waals surface area contributed by atoms with Crippen LogP contribution in [0, 0.1) is 0 Å². The van der Waals surface area contributed by atoms with E-state index in [4.69, 9.17) is 19.3 Å². The Balaban J connectivity index is 1.68. The molecule has 0 amide bonds.